The van der Waals surface area contributed by atoms with Gasteiger partial charge in [-0.1, -0.05) is 44.9 Å². The van der Waals surface area contributed by atoms with Gasteiger partial charge >= 0.3 is 11.9 Å². The van der Waals surface area contributed by atoms with Crippen molar-refractivity contribution in [2.75, 3.05) is 6.54 Å². The van der Waals surface area contributed by atoms with Gasteiger partial charge in [0.15, 0.2) is 5.92 Å². The Bertz CT molecular complexity index is 1060. The van der Waals surface area contributed by atoms with Crippen molar-refractivity contribution in [2.24, 2.45) is 17.8 Å². The van der Waals surface area contributed by atoms with Gasteiger partial charge in [0.2, 0.25) is 11.8 Å². The second-order valence-electron chi connectivity index (χ2n) is 9.73. The molecule has 190 valence electrons. The molecule has 0 spiro atoms. The van der Waals surface area contributed by atoms with Crippen molar-refractivity contribution in [1.29, 1.82) is 0 Å². The lowest BCUT2D eigenvalue weighted by molar-refractivity contribution is -0.160. The number of carboxylic acids is 2. The summed E-state index contributed by atoms with van der Waals surface area (Å²) in [5.74, 6) is -7.54. The topological polar surface area (TPSA) is 138 Å². The quantitative estimate of drug-likeness (QED) is 0.445. The molecule has 2 heterocycles. The van der Waals surface area contributed by atoms with Gasteiger partial charge in [0.05, 0.1) is 5.92 Å². The molecule has 1 aromatic carbocycles. The molecule has 2 bridgehead atoms. The number of para-hydroxylation sites is 1. The highest BCUT2D eigenvalue weighted by atomic mass is 16.4. The van der Waals surface area contributed by atoms with Crippen LogP contribution in [0.1, 0.15) is 51.5 Å². The standard InChI is InChI=1S/C26H35N3O6/c1-16(2)13-19(22(25(32)33)26(34)35)23(30)28-20-14-17-15-29(21-10-6-5-9-18(17)21)12-8-4-3-7-11-27-24(20)31/h5-6,9-10,15-16,19-20,22H,3-4,7-8,11-14H2,1-2H3,(H,27,31)(H,28,30)(H,32,33)(H,34,35)/t19-,20?/m1/s1. The highest BCUT2D eigenvalue weighted by Crippen LogP contribution is 2.25. The second-order valence-corrected chi connectivity index (χ2v) is 9.73. The maximum absolute atomic E-state index is 13.3. The van der Waals surface area contributed by atoms with Crippen molar-refractivity contribution in [2.45, 2.75) is 65.0 Å². The molecular formula is C26H35N3O6. The number of fused-ring (bicyclic) bond motifs is 5. The Kier molecular flexibility index (Phi) is 8.89. The number of aliphatic carboxylic acids is 2. The minimum Gasteiger partial charge on any atom is -0.481 e. The summed E-state index contributed by atoms with van der Waals surface area (Å²) in [6, 6.07) is 6.94. The first-order chi connectivity index (χ1) is 16.7. The molecule has 1 aliphatic heterocycles. The summed E-state index contributed by atoms with van der Waals surface area (Å²) in [6.45, 7) is 4.92. The maximum atomic E-state index is 13.3. The van der Waals surface area contributed by atoms with E-state index in [4.69, 9.17) is 0 Å². The summed E-state index contributed by atoms with van der Waals surface area (Å²) in [7, 11) is 0. The van der Waals surface area contributed by atoms with Crippen LogP contribution < -0.4 is 10.6 Å². The third kappa shape index (κ3) is 6.61. The number of carbonyl (C=O) groups excluding carboxylic acids is 2. The molecule has 9 nitrogen and oxygen atoms in total. The zero-order valence-corrected chi connectivity index (χ0v) is 20.3. The van der Waals surface area contributed by atoms with E-state index in [0.29, 0.717) is 6.54 Å². The number of carboxylic acid groups (broad SMARTS) is 2. The van der Waals surface area contributed by atoms with Crippen LogP contribution in [-0.2, 0) is 32.1 Å². The van der Waals surface area contributed by atoms with Gasteiger partial charge in [-0.25, -0.2) is 0 Å². The van der Waals surface area contributed by atoms with Gasteiger partial charge in [0.25, 0.3) is 0 Å². The molecule has 1 unspecified atom stereocenters. The molecular weight excluding hydrogens is 450 g/mol. The zero-order chi connectivity index (χ0) is 25.5. The van der Waals surface area contributed by atoms with Gasteiger partial charge in [0, 0.05) is 36.6 Å². The van der Waals surface area contributed by atoms with Gasteiger partial charge in [-0.2, -0.15) is 0 Å². The summed E-state index contributed by atoms with van der Waals surface area (Å²) in [5, 5.41) is 25.6. The predicted octanol–water partition coefficient (Wildman–Crippen LogP) is 2.81. The molecule has 0 fully saturated rings. The van der Waals surface area contributed by atoms with Crippen LogP contribution in [0.4, 0.5) is 0 Å². The summed E-state index contributed by atoms with van der Waals surface area (Å²) >= 11 is 0. The minimum atomic E-state index is -1.89. The number of benzene rings is 1. The Morgan fingerprint density at radius 2 is 1.77 bits per heavy atom. The van der Waals surface area contributed by atoms with Gasteiger partial charge in [-0.05, 0) is 36.8 Å². The maximum Gasteiger partial charge on any atom is 0.318 e. The smallest absolute Gasteiger partial charge is 0.318 e. The van der Waals surface area contributed by atoms with Crippen LogP contribution in [0.2, 0.25) is 0 Å². The van der Waals surface area contributed by atoms with E-state index in [2.05, 4.69) is 15.2 Å². The van der Waals surface area contributed by atoms with E-state index in [9.17, 15) is 29.4 Å². The van der Waals surface area contributed by atoms with Crippen LogP contribution in [0.25, 0.3) is 10.9 Å². The molecule has 9 heteroatoms. The largest absolute Gasteiger partial charge is 0.481 e. The fourth-order valence-electron chi connectivity index (χ4n) is 4.83. The number of nitrogens with zero attached hydrogens (tertiary/aromatic N) is 1. The van der Waals surface area contributed by atoms with Crippen molar-refractivity contribution in [3.05, 3.63) is 36.0 Å². The molecule has 35 heavy (non-hydrogen) atoms. The number of nitrogens with one attached hydrogen (secondary N) is 2. The van der Waals surface area contributed by atoms with E-state index in [0.717, 1.165) is 48.7 Å². The molecule has 3 rings (SSSR count). The molecule has 2 aromatic rings. The van der Waals surface area contributed by atoms with Gasteiger partial charge < -0.3 is 25.4 Å². The lowest BCUT2D eigenvalue weighted by Gasteiger charge is -2.25. The molecule has 1 aliphatic rings. The Labute approximate surface area is 204 Å². The van der Waals surface area contributed by atoms with Gasteiger partial charge in [0.1, 0.15) is 6.04 Å². The SMILES string of the molecule is CC(C)C[C@@H](C(=O)NC1Cc2cn(c3ccccc23)CCCCCCNC1=O)C(C(=O)O)C(=O)O. The van der Waals surface area contributed by atoms with Crippen molar-refractivity contribution in [1.82, 2.24) is 15.2 Å². The number of carbonyl (C=O) groups is 4. The fourth-order valence-corrected chi connectivity index (χ4v) is 4.83. The molecule has 4 N–H and O–H groups in total. The van der Waals surface area contributed by atoms with E-state index in [1.165, 1.54) is 0 Å². The van der Waals surface area contributed by atoms with Crippen molar-refractivity contribution in [3.63, 3.8) is 0 Å². The lowest BCUT2D eigenvalue weighted by atomic mass is 9.84. The first-order valence-corrected chi connectivity index (χ1v) is 12.3. The number of hydrogen-bond acceptors (Lipinski definition) is 4. The number of hydrogen-bond donors (Lipinski definition) is 4. The Morgan fingerprint density at radius 1 is 1.09 bits per heavy atom. The average molecular weight is 486 g/mol. The van der Waals surface area contributed by atoms with E-state index in [-0.39, 0.29) is 24.7 Å². The number of amides is 2. The molecule has 0 aliphatic carbocycles. The minimum absolute atomic E-state index is 0.0722. The Hall–Kier alpha value is -3.36. The number of aromatic nitrogens is 1. The summed E-state index contributed by atoms with van der Waals surface area (Å²) < 4.78 is 2.17. The van der Waals surface area contributed by atoms with E-state index in [1.807, 2.05) is 30.5 Å². The van der Waals surface area contributed by atoms with E-state index >= 15 is 0 Å². The van der Waals surface area contributed by atoms with Gasteiger partial charge in [-0.15, -0.1) is 0 Å². The monoisotopic (exact) mass is 485 g/mol. The predicted molar refractivity (Wildman–Crippen MR) is 131 cm³/mol. The third-order valence-corrected chi connectivity index (χ3v) is 6.55. The molecule has 2 atom stereocenters. The van der Waals surface area contributed by atoms with Crippen molar-refractivity contribution < 1.29 is 29.4 Å². The van der Waals surface area contributed by atoms with Crippen molar-refractivity contribution >= 4 is 34.7 Å². The zero-order valence-electron chi connectivity index (χ0n) is 20.3. The lowest BCUT2D eigenvalue weighted by Crippen LogP contribution is -2.52. The van der Waals surface area contributed by atoms with Crippen LogP contribution >= 0.6 is 0 Å². The molecule has 0 saturated heterocycles. The third-order valence-electron chi connectivity index (χ3n) is 6.55. The first-order valence-electron chi connectivity index (χ1n) is 12.3. The van der Waals surface area contributed by atoms with Crippen LogP contribution in [0.15, 0.2) is 30.5 Å². The molecule has 1 aromatic heterocycles. The van der Waals surface area contributed by atoms with Crippen LogP contribution in [-0.4, -0.2) is 51.1 Å². The van der Waals surface area contributed by atoms with Crippen molar-refractivity contribution in [3.8, 4) is 0 Å². The van der Waals surface area contributed by atoms with E-state index in [1.54, 1.807) is 13.8 Å². The molecule has 2 amide bonds. The fraction of sp³-hybridized carbons (Fsp3) is 0.538. The highest BCUT2D eigenvalue weighted by molar-refractivity contribution is 5.99. The van der Waals surface area contributed by atoms with Crippen LogP contribution in [0.3, 0.4) is 0 Å². The first kappa shape index (κ1) is 26.2. The Morgan fingerprint density at radius 3 is 2.46 bits per heavy atom. The molecule has 0 radical (unpaired) electrons. The van der Waals surface area contributed by atoms with Crippen LogP contribution in [0.5, 0.6) is 0 Å². The summed E-state index contributed by atoms with van der Waals surface area (Å²) in [5.41, 5.74) is 1.95. The summed E-state index contributed by atoms with van der Waals surface area (Å²) in [6.07, 6.45) is 6.15. The van der Waals surface area contributed by atoms with Gasteiger partial charge in [-0.3, -0.25) is 19.2 Å². The summed E-state index contributed by atoms with van der Waals surface area (Å²) in [4.78, 5) is 49.8. The Balaban J connectivity index is 1.94. The highest BCUT2D eigenvalue weighted by Gasteiger charge is 2.41. The second kappa shape index (κ2) is 11.9. The number of rotatable bonds is 7. The van der Waals surface area contributed by atoms with E-state index < -0.39 is 35.7 Å². The average Bonchev–Trinajstić information content (AvgIpc) is 3.14. The molecule has 0 saturated carbocycles. The van der Waals surface area contributed by atoms with Crippen LogP contribution in [0, 0.1) is 17.8 Å². The normalized spacial score (nSPS) is 18.3. The number of aryl methyl sites for hydroxylation is 1.